The molecular formula is C18H21NO4. The van der Waals surface area contributed by atoms with Gasteiger partial charge in [0.25, 0.3) is 0 Å². The number of imide groups is 1. The Bertz CT molecular complexity index is 682. The molecule has 0 aliphatic carbocycles. The van der Waals surface area contributed by atoms with E-state index in [0.717, 1.165) is 15.7 Å². The van der Waals surface area contributed by atoms with Crippen molar-refractivity contribution in [2.45, 2.75) is 39.9 Å². The van der Waals surface area contributed by atoms with E-state index in [4.69, 9.17) is 9.47 Å². The smallest absolute Gasteiger partial charge is 0.424 e. The molecule has 0 saturated heterocycles. The number of ether oxygens (including phenoxy) is 2. The van der Waals surface area contributed by atoms with Gasteiger partial charge in [-0.1, -0.05) is 36.4 Å². The number of rotatable bonds is 3. The fraction of sp³-hybridized carbons (Fsp3) is 0.333. The van der Waals surface area contributed by atoms with Crippen LogP contribution in [-0.2, 0) is 9.47 Å². The van der Waals surface area contributed by atoms with Crippen LogP contribution in [0, 0.1) is 0 Å². The first kappa shape index (κ1) is 16.8. The Labute approximate surface area is 135 Å². The van der Waals surface area contributed by atoms with Crippen LogP contribution < -0.4 is 4.90 Å². The lowest BCUT2D eigenvalue weighted by Gasteiger charge is -2.23. The van der Waals surface area contributed by atoms with Crippen molar-refractivity contribution in [2.24, 2.45) is 0 Å². The number of anilines is 1. The van der Waals surface area contributed by atoms with Crippen LogP contribution in [0.5, 0.6) is 0 Å². The second-order valence-electron chi connectivity index (χ2n) is 5.70. The zero-order valence-electron chi connectivity index (χ0n) is 13.8. The van der Waals surface area contributed by atoms with E-state index in [1.807, 2.05) is 30.3 Å². The molecule has 0 bridgehead atoms. The van der Waals surface area contributed by atoms with Gasteiger partial charge in [0.05, 0.1) is 17.9 Å². The zero-order chi connectivity index (χ0) is 17.0. The average molecular weight is 315 g/mol. The van der Waals surface area contributed by atoms with Gasteiger partial charge >= 0.3 is 12.2 Å². The molecule has 0 aliphatic rings. The van der Waals surface area contributed by atoms with E-state index < -0.39 is 12.2 Å². The number of hydrogen-bond acceptors (Lipinski definition) is 4. The van der Waals surface area contributed by atoms with Gasteiger partial charge in [0, 0.05) is 5.39 Å². The van der Waals surface area contributed by atoms with E-state index in [-0.39, 0.29) is 12.2 Å². The Morgan fingerprint density at radius 2 is 1.35 bits per heavy atom. The summed E-state index contributed by atoms with van der Waals surface area (Å²) in [7, 11) is 0. The molecule has 0 fully saturated rings. The van der Waals surface area contributed by atoms with E-state index in [9.17, 15) is 9.59 Å². The molecule has 5 heteroatoms. The van der Waals surface area contributed by atoms with E-state index in [2.05, 4.69) is 0 Å². The molecule has 5 nitrogen and oxygen atoms in total. The summed E-state index contributed by atoms with van der Waals surface area (Å²) < 4.78 is 10.4. The molecule has 0 unspecified atom stereocenters. The number of hydrogen-bond donors (Lipinski definition) is 0. The summed E-state index contributed by atoms with van der Waals surface area (Å²) in [5.74, 6) is 0. The van der Waals surface area contributed by atoms with Gasteiger partial charge in [-0.3, -0.25) is 0 Å². The van der Waals surface area contributed by atoms with Gasteiger partial charge in [0.15, 0.2) is 0 Å². The van der Waals surface area contributed by atoms with Crippen LogP contribution in [0.15, 0.2) is 42.5 Å². The summed E-state index contributed by atoms with van der Waals surface area (Å²) in [5, 5.41) is 1.70. The molecule has 2 aromatic rings. The lowest BCUT2D eigenvalue weighted by Crippen LogP contribution is -2.40. The van der Waals surface area contributed by atoms with Gasteiger partial charge in [-0.2, -0.15) is 4.90 Å². The first-order valence-corrected chi connectivity index (χ1v) is 7.59. The molecule has 122 valence electrons. The van der Waals surface area contributed by atoms with Crippen LogP contribution in [0.2, 0.25) is 0 Å². The highest BCUT2D eigenvalue weighted by molar-refractivity contribution is 6.14. The summed E-state index contributed by atoms with van der Waals surface area (Å²) in [6.07, 6.45) is -2.18. The zero-order valence-corrected chi connectivity index (χ0v) is 13.8. The summed E-state index contributed by atoms with van der Waals surface area (Å²) in [6, 6.07) is 12.9. The second-order valence-corrected chi connectivity index (χ2v) is 5.70. The summed E-state index contributed by atoms with van der Waals surface area (Å²) in [6.45, 7) is 6.92. The Morgan fingerprint density at radius 1 is 0.826 bits per heavy atom. The van der Waals surface area contributed by atoms with Crippen molar-refractivity contribution < 1.29 is 19.1 Å². The SMILES string of the molecule is CC(C)OC(=O)N(C(=O)OC(C)C)c1cccc2ccccc12. The van der Waals surface area contributed by atoms with E-state index >= 15 is 0 Å². The van der Waals surface area contributed by atoms with Crippen molar-refractivity contribution in [3.05, 3.63) is 42.5 Å². The first-order valence-electron chi connectivity index (χ1n) is 7.59. The minimum atomic E-state index is -0.748. The number of carbonyl (C=O) groups is 2. The predicted molar refractivity (Wildman–Crippen MR) is 89.7 cm³/mol. The van der Waals surface area contributed by atoms with Gasteiger partial charge in [0.2, 0.25) is 0 Å². The molecule has 0 atom stereocenters. The molecule has 2 amide bonds. The molecule has 2 rings (SSSR count). The van der Waals surface area contributed by atoms with Crippen molar-refractivity contribution in [1.29, 1.82) is 0 Å². The molecule has 0 radical (unpaired) electrons. The van der Waals surface area contributed by atoms with Crippen LogP contribution in [0.1, 0.15) is 27.7 Å². The van der Waals surface area contributed by atoms with Gasteiger partial charge in [-0.25, -0.2) is 9.59 Å². The van der Waals surface area contributed by atoms with E-state index in [1.54, 1.807) is 39.8 Å². The first-order chi connectivity index (χ1) is 10.9. The normalized spacial score (nSPS) is 10.9. The highest BCUT2D eigenvalue weighted by Gasteiger charge is 2.29. The van der Waals surface area contributed by atoms with E-state index in [0.29, 0.717) is 5.69 Å². The Kier molecular flexibility index (Phi) is 5.21. The Balaban J connectivity index is 2.51. The van der Waals surface area contributed by atoms with E-state index in [1.165, 1.54) is 0 Å². The van der Waals surface area contributed by atoms with Crippen LogP contribution in [0.25, 0.3) is 10.8 Å². The predicted octanol–water partition coefficient (Wildman–Crippen LogP) is 4.74. The third-order valence-electron chi connectivity index (χ3n) is 3.05. The number of carbonyl (C=O) groups excluding carboxylic acids is 2. The van der Waals surface area contributed by atoms with Crippen molar-refractivity contribution in [3.8, 4) is 0 Å². The van der Waals surface area contributed by atoms with Gasteiger partial charge in [-0.15, -0.1) is 0 Å². The maximum absolute atomic E-state index is 12.4. The van der Waals surface area contributed by atoms with Gasteiger partial charge in [0.1, 0.15) is 0 Å². The third-order valence-corrected chi connectivity index (χ3v) is 3.05. The lowest BCUT2D eigenvalue weighted by atomic mass is 10.1. The fourth-order valence-corrected chi connectivity index (χ4v) is 2.18. The van der Waals surface area contributed by atoms with Gasteiger partial charge in [-0.05, 0) is 39.1 Å². The minimum absolute atomic E-state index is 0.341. The van der Waals surface area contributed by atoms with Crippen molar-refractivity contribution in [3.63, 3.8) is 0 Å². The maximum atomic E-state index is 12.4. The largest absolute Gasteiger partial charge is 0.446 e. The summed E-state index contributed by atoms with van der Waals surface area (Å²) in [5.41, 5.74) is 0.444. The number of fused-ring (bicyclic) bond motifs is 1. The standard InChI is InChI=1S/C18H21NO4/c1-12(2)22-17(20)19(18(21)23-13(3)4)16-11-7-9-14-8-5-6-10-15(14)16/h5-13H,1-4H3. The molecule has 0 saturated carbocycles. The minimum Gasteiger partial charge on any atom is -0.446 e. The highest BCUT2D eigenvalue weighted by atomic mass is 16.6. The van der Waals surface area contributed by atoms with Crippen molar-refractivity contribution in [2.75, 3.05) is 4.90 Å². The topological polar surface area (TPSA) is 55.8 Å². The molecule has 0 spiro atoms. The molecule has 23 heavy (non-hydrogen) atoms. The Hall–Kier alpha value is -2.56. The van der Waals surface area contributed by atoms with Crippen molar-refractivity contribution >= 4 is 28.6 Å². The fourth-order valence-electron chi connectivity index (χ4n) is 2.18. The maximum Gasteiger partial charge on any atom is 0.424 e. The number of amides is 2. The molecule has 0 aliphatic heterocycles. The molecular weight excluding hydrogens is 294 g/mol. The number of benzene rings is 2. The quantitative estimate of drug-likeness (QED) is 0.821. The molecule has 0 heterocycles. The van der Waals surface area contributed by atoms with Crippen LogP contribution in [0.4, 0.5) is 15.3 Å². The van der Waals surface area contributed by atoms with Crippen LogP contribution in [0.3, 0.4) is 0 Å². The van der Waals surface area contributed by atoms with Crippen LogP contribution >= 0.6 is 0 Å². The third kappa shape index (κ3) is 4.00. The number of nitrogens with zero attached hydrogens (tertiary/aromatic N) is 1. The monoisotopic (exact) mass is 315 g/mol. The second kappa shape index (κ2) is 7.13. The highest BCUT2D eigenvalue weighted by Crippen LogP contribution is 2.28. The summed E-state index contributed by atoms with van der Waals surface area (Å²) >= 11 is 0. The molecule has 2 aromatic carbocycles. The summed E-state index contributed by atoms with van der Waals surface area (Å²) in [4.78, 5) is 25.8. The van der Waals surface area contributed by atoms with Gasteiger partial charge < -0.3 is 9.47 Å². The van der Waals surface area contributed by atoms with Crippen molar-refractivity contribution in [1.82, 2.24) is 0 Å². The lowest BCUT2D eigenvalue weighted by molar-refractivity contribution is 0.104. The average Bonchev–Trinajstić information content (AvgIpc) is 2.46. The molecule has 0 aromatic heterocycles. The van der Waals surface area contributed by atoms with Crippen LogP contribution in [-0.4, -0.2) is 24.4 Å². The molecule has 0 N–H and O–H groups in total. The Morgan fingerprint density at radius 3 is 1.91 bits per heavy atom.